The maximum absolute atomic E-state index is 5.57. The first kappa shape index (κ1) is 14.9. The zero-order valence-electron chi connectivity index (χ0n) is 11.9. The number of anilines is 1. The maximum Gasteiger partial charge on any atom is 0.119 e. The van der Waals surface area contributed by atoms with Crippen LogP contribution in [0.2, 0.25) is 0 Å². The lowest BCUT2D eigenvalue weighted by atomic mass is 10.1. The van der Waals surface area contributed by atoms with Gasteiger partial charge in [-0.25, -0.2) is 0 Å². The van der Waals surface area contributed by atoms with E-state index in [1.807, 2.05) is 24.3 Å². The van der Waals surface area contributed by atoms with Crippen LogP contribution in [0.25, 0.3) is 0 Å². The van der Waals surface area contributed by atoms with Crippen molar-refractivity contribution in [3.63, 3.8) is 0 Å². The Morgan fingerprint density at radius 3 is 2.50 bits per heavy atom. The summed E-state index contributed by atoms with van der Waals surface area (Å²) in [5, 5.41) is 3.42. The molecule has 0 fully saturated rings. The Hall–Kier alpha value is -1.48. The molecule has 3 heteroatoms. The van der Waals surface area contributed by atoms with Gasteiger partial charge in [-0.1, -0.05) is 35.0 Å². The number of hydrogen-bond acceptors (Lipinski definition) is 2. The number of hydrogen-bond donors (Lipinski definition) is 1. The first-order valence-corrected chi connectivity index (χ1v) is 7.70. The Morgan fingerprint density at radius 2 is 1.85 bits per heavy atom. The van der Waals surface area contributed by atoms with Gasteiger partial charge in [-0.05, 0) is 54.8 Å². The van der Waals surface area contributed by atoms with E-state index >= 15 is 0 Å². The van der Waals surface area contributed by atoms with Crippen molar-refractivity contribution in [1.29, 1.82) is 0 Å². The number of halogens is 1. The van der Waals surface area contributed by atoms with E-state index in [0.717, 1.165) is 35.5 Å². The van der Waals surface area contributed by atoms with Crippen molar-refractivity contribution in [2.45, 2.75) is 26.8 Å². The minimum atomic E-state index is 0.767. The highest BCUT2D eigenvalue weighted by Gasteiger charge is 2.00. The minimum Gasteiger partial charge on any atom is -0.494 e. The van der Waals surface area contributed by atoms with Gasteiger partial charge in [-0.15, -0.1) is 0 Å². The second-order valence-corrected chi connectivity index (χ2v) is 5.68. The molecule has 106 valence electrons. The van der Waals surface area contributed by atoms with Crippen LogP contribution in [0.15, 0.2) is 46.9 Å². The van der Waals surface area contributed by atoms with Gasteiger partial charge in [0.1, 0.15) is 5.75 Å². The maximum atomic E-state index is 5.57. The molecule has 2 aromatic rings. The van der Waals surface area contributed by atoms with Crippen LogP contribution in [0.5, 0.6) is 5.75 Å². The fourth-order valence-electron chi connectivity index (χ4n) is 1.88. The Balaban J connectivity index is 1.93. The van der Waals surface area contributed by atoms with Gasteiger partial charge < -0.3 is 10.1 Å². The van der Waals surface area contributed by atoms with Crippen LogP contribution >= 0.6 is 15.9 Å². The predicted octanol–water partition coefficient (Wildman–Crippen LogP) is 5.16. The second-order valence-electron chi connectivity index (χ2n) is 4.82. The number of ether oxygens (including phenoxy) is 1. The van der Waals surface area contributed by atoms with Gasteiger partial charge >= 0.3 is 0 Å². The highest BCUT2D eigenvalue weighted by Crippen LogP contribution is 2.21. The SMILES string of the molecule is CCCOc1ccc(NCc2ccc(C)cc2Br)cc1. The van der Waals surface area contributed by atoms with Crippen molar-refractivity contribution in [2.75, 3.05) is 11.9 Å². The number of benzene rings is 2. The summed E-state index contributed by atoms with van der Waals surface area (Å²) in [5.41, 5.74) is 3.61. The zero-order chi connectivity index (χ0) is 14.4. The summed E-state index contributed by atoms with van der Waals surface area (Å²) in [4.78, 5) is 0. The molecule has 20 heavy (non-hydrogen) atoms. The van der Waals surface area contributed by atoms with E-state index in [9.17, 15) is 0 Å². The normalized spacial score (nSPS) is 10.3. The van der Waals surface area contributed by atoms with Crippen LogP contribution in [0.3, 0.4) is 0 Å². The summed E-state index contributed by atoms with van der Waals surface area (Å²) in [5.74, 6) is 0.925. The molecule has 0 aliphatic carbocycles. The average Bonchev–Trinajstić information content (AvgIpc) is 2.45. The van der Waals surface area contributed by atoms with E-state index in [1.54, 1.807) is 0 Å². The van der Waals surface area contributed by atoms with Gasteiger partial charge in [0.2, 0.25) is 0 Å². The summed E-state index contributed by atoms with van der Waals surface area (Å²) >= 11 is 3.60. The van der Waals surface area contributed by atoms with E-state index < -0.39 is 0 Å². The van der Waals surface area contributed by atoms with E-state index in [-0.39, 0.29) is 0 Å². The molecule has 0 spiro atoms. The molecule has 0 saturated heterocycles. The Bertz CT molecular complexity index is 551. The number of aryl methyl sites for hydroxylation is 1. The van der Waals surface area contributed by atoms with Gasteiger partial charge in [0.25, 0.3) is 0 Å². The Kier molecular flexibility index (Phi) is 5.48. The standard InChI is InChI=1S/C17H20BrNO/c1-3-10-20-16-8-6-15(7-9-16)19-12-14-5-4-13(2)11-17(14)18/h4-9,11,19H,3,10,12H2,1-2H3. The summed E-state index contributed by atoms with van der Waals surface area (Å²) in [6.07, 6.45) is 1.03. The third kappa shape index (κ3) is 4.27. The molecule has 0 aromatic heterocycles. The molecule has 2 aromatic carbocycles. The molecule has 1 N–H and O–H groups in total. The molecule has 0 saturated carbocycles. The van der Waals surface area contributed by atoms with Gasteiger partial charge in [0, 0.05) is 16.7 Å². The first-order chi connectivity index (χ1) is 9.69. The molecule has 2 nitrogen and oxygen atoms in total. The third-order valence-corrected chi connectivity index (χ3v) is 3.76. The fraction of sp³-hybridized carbons (Fsp3) is 0.294. The molecule has 0 heterocycles. The van der Waals surface area contributed by atoms with Crippen LogP contribution in [0.1, 0.15) is 24.5 Å². The highest BCUT2D eigenvalue weighted by atomic mass is 79.9. The summed E-state index contributed by atoms with van der Waals surface area (Å²) in [6, 6.07) is 14.5. The largest absolute Gasteiger partial charge is 0.494 e. The van der Waals surface area contributed by atoms with Crippen molar-refractivity contribution < 1.29 is 4.74 Å². The number of rotatable bonds is 6. The van der Waals surface area contributed by atoms with Gasteiger partial charge in [0.05, 0.1) is 6.61 Å². The van der Waals surface area contributed by atoms with Crippen molar-refractivity contribution >= 4 is 21.6 Å². The van der Waals surface area contributed by atoms with Crippen LogP contribution in [0, 0.1) is 6.92 Å². The lowest BCUT2D eigenvalue weighted by Crippen LogP contribution is -2.00. The average molecular weight is 334 g/mol. The highest BCUT2D eigenvalue weighted by molar-refractivity contribution is 9.10. The molecular formula is C17H20BrNO. The van der Waals surface area contributed by atoms with Crippen molar-refractivity contribution in [3.05, 3.63) is 58.1 Å². The Morgan fingerprint density at radius 1 is 1.10 bits per heavy atom. The van der Waals surface area contributed by atoms with Gasteiger partial charge in [-0.2, -0.15) is 0 Å². The zero-order valence-corrected chi connectivity index (χ0v) is 13.5. The third-order valence-electron chi connectivity index (χ3n) is 3.02. The van der Waals surface area contributed by atoms with E-state index in [4.69, 9.17) is 4.74 Å². The van der Waals surface area contributed by atoms with Crippen molar-refractivity contribution in [3.8, 4) is 5.75 Å². The van der Waals surface area contributed by atoms with Crippen LogP contribution in [0.4, 0.5) is 5.69 Å². The van der Waals surface area contributed by atoms with E-state index in [2.05, 4.69) is 53.3 Å². The van der Waals surface area contributed by atoms with Crippen LogP contribution in [-0.4, -0.2) is 6.61 Å². The molecule has 0 bridgehead atoms. The van der Waals surface area contributed by atoms with Crippen molar-refractivity contribution in [2.24, 2.45) is 0 Å². The summed E-state index contributed by atoms with van der Waals surface area (Å²) < 4.78 is 6.72. The summed E-state index contributed by atoms with van der Waals surface area (Å²) in [6.45, 7) is 5.77. The number of nitrogens with one attached hydrogen (secondary N) is 1. The van der Waals surface area contributed by atoms with Crippen LogP contribution < -0.4 is 10.1 Å². The first-order valence-electron chi connectivity index (χ1n) is 6.91. The van der Waals surface area contributed by atoms with Crippen LogP contribution in [-0.2, 0) is 6.54 Å². The molecule has 0 radical (unpaired) electrons. The minimum absolute atomic E-state index is 0.767. The lowest BCUT2D eigenvalue weighted by molar-refractivity contribution is 0.317. The lowest BCUT2D eigenvalue weighted by Gasteiger charge is -2.10. The molecule has 2 rings (SSSR count). The smallest absolute Gasteiger partial charge is 0.119 e. The molecule has 0 amide bonds. The molecule has 0 atom stereocenters. The molecular weight excluding hydrogens is 314 g/mol. The molecule has 0 unspecified atom stereocenters. The summed E-state index contributed by atoms with van der Waals surface area (Å²) in [7, 11) is 0. The van der Waals surface area contributed by atoms with E-state index in [0.29, 0.717) is 0 Å². The Labute approximate surface area is 129 Å². The molecule has 0 aliphatic heterocycles. The fourth-order valence-corrected chi connectivity index (χ4v) is 2.52. The monoisotopic (exact) mass is 333 g/mol. The van der Waals surface area contributed by atoms with Crippen molar-refractivity contribution in [1.82, 2.24) is 0 Å². The topological polar surface area (TPSA) is 21.3 Å². The van der Waals surface area contributed by atoms with E-state index in [1.165, 1.54) is 11.1 Å². The molecule has 0 aliphatic rings. The van der Waals surface area contributed by atoms with Gasteiger partial charge in [0.15, 0.2) is 0 Å². The predicted molar refractivity (Wildman–Crippen MR) is 88.4 cm³/mol. The quantitative estimate of drug-likeness (QED) is 0.788. The second kappa shape index (κ2) is 7.34. The van der Waals surface area contributed by atoms with Gasteiger partial charge in [-0.3, -0.25) is 0 Å².